The van der Waals surface area contributed by atoms with E-state index in [0.29, 0.717) is 13.0 Å². The molecule has 1 heterocycles. The molecule has 0 atom stereocenters. The van der Waals surface area contributed by atoms with Crippen molar-refractivity contribution in [2.45, 2.75) is 57.5 Å². The number of anilines is 2. The highest BCUT2D eigenvalue weighted by Gasteiger charge is 2.51. The molecule has 0 saturated heterocycles. The Balaban J connectivity index is 0.000000384. The highest BCUT2D eigenvalue weighted by atomic mass is 19.4. The van der Waals surface area contributed by atoms with Crippen LogP contribution in [0.1, 0.15) is 51.4 Å². The molecule has 0 aliphatic heterocycles. The highest BCUT2D eigenvalue weighted by molar-refractivity contribution is 6.01. The number of nitrogens with zero attached hydrogens (tertiary/aromatic N) is 1. The second kappa shape index (κ2) is 10.6. The Morgan fingerprint density at radius 3 is 2.22 bits per heavy atom. The molecule has 6 rings (SSSR count). The van der Waals surface area contributed by atoms with Gasteiger partial charge in [-0.15, -0.1) is 0 Å². The molecule has 1 aromatic heterocycles. The SMILES string of the molecule is NCCCNc1ccc2c(NC(=O)CC34CC5CC(CC(C5)C3)C4)cccc2n1.O=C(O)C(F)(F)F. The van der Waals surface area contributed by atoms with Crippen LogP contribution in [-0.2, 0) is 9.59 Å². The molecule has 0 spiro atoms. The van der Waals surface area contributed by atoms with Crippen molar-refractivity contribution in [2.75, 3.05) is 23.7 Å². The van der Waals surface area contributed by atoms with Crippen LogP contribution in [-0.4, -0.2) is 41.2 Å². The molecule has 36 heavy (non-hydrogen) atoms. The Labute approximate surface area is 208 Å². The minimum Gasteiger partial charge on any atom is -0.475 e. The monoisotopic (exact) mass is 506 g/mol. The number of benzene rings is 1. The Kier molecular flexibility index (Phi) is 7.73. The quantitative estimate of drug-likeness (QED) is 0.385. The van der Waals surface area contributed by atoms with E-state index in [9.17, 15) is 18.0 Å². The van der Waals surface area contributed by atoms with E-state index in [1.165, 1.54) is 38.5 Å². The number of amides is 1. The van der Waals surface area contributed by atoms with Crippen molar-refractivity contribution in [1.29, 1.82) is 0 Å². The number of nitrogens with two attached hydrogens (primary N) is 1. The summed E-state index contributed by atoms with van der Waals surface area (Å²) in [7, 11) is 0. The second-order valence-electron chi connectivity index (χ2n) is 10.6. The van der Waals surface area contributed by atoms with Crippen LogP contribution < -0.4 is 16.4 Å². The number of pyridine rings is 1. The minimum atomic E-state index is -5.08. The molecular formula is C26H33F3N4O3. The number of fused-ring (bicyclic) bond motifs is 1. The first kappa shape index (κ1) is 26.2. The predicted octanol–water partition coefficient (Wildman–Crippen LogP) is 5.17. The van der Waals surface area contributed by atoms with Crippen molar-refractivity contribution in [3.8, 4) is 0 Å². The molecule has 2 aromatic rings. The first-order chi connectivity index (χ1) is 17.1. The summed E-state index contributed by atoms with van der Waals surface area (Å²) in [5.41, 5.74) is 7.59. The summed E-state index contributed by atoms with van der Waals surface area (Å²) in [5.74, 6) is 0.892. The van der Waals surface area contributed by atoms with Gasteiger partial charge in [0.1, 0.15) is 5.82 Å². The zero-order valence-electron chi connectivity index (χ0n) is 20.1. The fourth-order valence-corrected chi connectivity index (χ4v) is 6.72. The molecule has 4 aliphatic rings. The van der Waals surface area contributed by atoms with Gasteiger partial charge in [0.25, 0.3) is 0 Å². The number of nitrogens with one attached hydrogen (secondary N) is 2. The summed E-state index contributed by atoms with van der Waals surface area (Å²) < 4.78 is 31.7. The van der Waals surface area contributed by atoms with Gasteiger partial charge in [0.15, 0.2) is 0 Å². The molecule has 1 aromatic carbocycles. The number of carbonyl (C=O) groups is 2. The van der Waals surface area contributed by atoms with Gasteiger partial charge in [-0.05, 0) is 98.9 Å². The van der Waals surface area contributed by atoms with Crippen LogP contribution in [0.4, 0.5) is 24.7 Å². The summed E-state index contributed by atoms with van der Waals surface area (Å²) >= 11 is 0. The lowest BCUT2D eigenvalue weighted by atomic mass is 9.49. The molecule has 4 bridgehead atoms. The lowest BCUT2D eigenvalue weighted by molar-refractivity contribution is -0.192. The Hall–Kier alpha value is -2.88. The minimum absolute atomic E-state index is 0.171. The molecule has 4 saturated carbocycles. The first-order valence-corrected chi connectivity index (χ1v) is 12.5. The molecule has 10 heteroatoms. The van der Waals surface area contributed by atoms with Gasteiger partial charge in [-0.2, -0.15) is 13.2 Å². The van der Waals surface area contributed by atoms with Crippen molar-refractivity contribution < 1.29 is 27.9 Å². The largest absolute Gasteiger partial charge is 0.490 e. The highest BCUT2D eigenvalue weighted by Crippen LogP contribution is 2.61. The van der Waals surface area contributed by atoms with Crippen LogP contribution in [0.5, 0.6) is 0 Å². The van der Waals surface area contributed by atoms with Crippen LogP contribution in [0.2, 0.25) is 0 Å². The zero-order valence-corrected chi connectivity index (χ0v) is 20.1. The Morgan fingerprint density at radius 1 is 1.06 bits per heavy atom. The summed E-state index contributed by atoms with van der Waals surface area (Å²) in [4.78, 5) is 26.6. The molecule has 7 nitrogen and oxygen atoms in total. The zero-order chi connectivity index (χ0) is 25.9. The van der Waals surface area contributed by atoms with Crippen LogP contribution in [0.15, 0.2) is 30.3 Å². The van der Waals surface area contributed by atoms with Crippen LogP contribution in [0.3, 0.4) is 0 Å². The van der Waals surface area contributed by atoms with Crippen LogP contribution >= 0.6 is 0 Å². The summed E-state index contributed by atoms with van der Waals surface area (Å²) in [5, 5.41) is 14.6. The van der Waals surface area contributed by atoms with Gasteiger partial charge in [0.05, 0.1) is 11.2 Å². The number of hydrogen-bond acceptors (Lipinski definition) is 5. The average Bonchev–Trinajstić information content (AvgIpc) is 2.78. The average molecular weight is 507 g/mol. The maximum absolute atomic E-state index is 13.0. The van der Waals surface area contributed by atoms with E-state index in [-0.39, 0.29) is 11.3 Å². The number of carbonyl (C=O) groups excluding carboxylic acids is 1. The summed E-state index contributed by atoms with van der Waals surface area (Å²) in [6.07, 6.45) is 4.55. The number of halogens is 3. The lowest BCUT2D eigenvalue weighted by Crippen LogP contribution is -2.47. The summed E-state index contributed by atoms with van der Waals surface area (Å²) in [6, 6.07) is 9.99. The number of aliphatic carboxylic acids is 1. The van der Waals surface area contributed by atoms with E-state index >= 15 is 0 Å². The van der Waals surface area contributed by atoms with Crippen molar-refractivity contribution in [3.63, 3.8) is 0 Å². The third kappa shape index (κ3) is 6.27. The maximum atomic E-state index is 13.0. The fourth-order valence-electron chi connectivity index (χ4n) is 6.72. The third-order valence-corrected chi connectivity index (χ3v) is 7.64. The number of aromatic nitrogens is 1. The molecule has 5 N–H and O–H groups in total. The topological polar surface area (TPSA) is 117 Å². The maximum Gasteiger partial charge on any atom is 0.490 e. The second-order valence-corrected chi connectivity index (χ2v) is 10.6. The van der Waals surface area contributed by atoms with Gasteiger partial charge in [-0.1, -0.05) is 6.07 Å². The number of alkyl halides is 3. The van der Waals surface area contributed by atoms with Gasteiger partial charge < -0.3 is 21.5 Å². The van der Waals surface area contributed by atoms with Gasteiger partial charge >= 0.3 is 12.1 Å². The number of rotatable bonds is 7. The lowest BCUT2D eigenvalue weighted by Gasteiger charge is -2.56. The van der Waals surface area contributed by atoms with Gasteiger partial charge in [-0.25, -0.2) is 9.78 Å². The number of hydrogen-bond donors (Lipinski definition) is 4. The Morgan fingerprint density at radius 2 is 1.67 bits per heavy atom. The van der Waals surface area contributed by atoms with E-state index in [2.05, 4.69) is 10.6 Å². The van der Waals surface area contributed by atoms with E-state index in [1.54, 1.807) is 0 Å². The van der Waals surface area contributed by atoms with Crippen molar-refractivity contribution in [2.24, 2.45) is 28.9 Å². The molecule has 4 aliphatic carbocycles. The number of carboxylic acid groups (broad SMARTS) is 1. The molecule has 0 unspecified atom stereocenters. The van der Waals surface area contributed by atoms with Crippen LogP contribution in [0.25, 0.3) is 10.9 Å². The number of carboxylic acids is 1. The standard InChI is InChI=1S/C24H32N4O.C2HF3O2/c25-7-2-8-26-22-6-5-19-20(27-22)3-1-4-21(19)28-23(29)15-24-12-16-9-17(13-24)11-18(10-16)14-24;3-2(4,5)1(6)7/h1,3-6,16-18H,2,7-15,25H2,(H,26,27)(H,28,29);(H,6,7). The van der Waals surface area contributed by atoms with E-state index in [0.717, 1.165) is 53.1 Å². The molecular weight excluding hydrogens is 473 g/mol. The third-order valence-electron chi connectivity index (χ3n) is 7.64. The smallest absolute Gasteiger partial charge is 0.475 e. The van der Waals surface area contributed by atoms with Gasteiger partial charge in [0.2, 0.25) is 5.91 Å². The van der Waals surface area contributed by atoms with Crippen molar-refractivity contribution in [3.05, 3.63) is 30.3 Å². The van der Waals surface area contributed by atoms with Gasteiger partial charge in [-0.3, -0.25) is 4.79 Å². The van der Waals surface area contributed by atoms with E-state index < -0.39 is 12.1 Å². The predicted molar refractivity (Wildman–Crippen MR) is 131 cm³/mol. The van der Waals surface area contributed by atoms with Gasteiger partial charge in [0, 0.05) is 18.4 Å². The van der Waals surface area contributed by atoms with E-state index in [4.69, 9.17) is 20.6 Å². The first-order valence-electron chi connectivity index (χ1n) is 12.5. The molecule has 0 radical (unpaired) electrons. The van der Waals surface area contributed by atoms with Crippen LogP contribution in [0, 0.1) is 23.2 Å². The van der Waals surface area contributed by atoms with E-state index in [1.807, 2.05) is 30.3 Å². The van der Waals surface area contributed by atoms with Crippen molar-refractivity contribution >= 4 is 34.3 Å². The molecule has 196 valence electrons. The normalized spacial score (nSPS) is 26.3. The molecule has 1 amide bonds. The molecule has 4 fully saturated rings. The fraction of sp³-hybridized carbons (Fsp3) is 0.577. The summed E-state index contributed by atoms with van der Waals surface area (Å²) in [6.45, 7) is 1.48. The van der Waals surface area contributed by atoms with Crippen molar-refractivity contribution in [1.82, 2.24) is 4.98 Å². The Bertz CT molecular complexity index is 1070.